The first-order chi connectivity index (χ1) is 9.89. The Hall–Kier alpha value is -1.91. The number of likely N-dealkylation sites (tertiary alicyclic amines) is 1. The van der Waals surface area contributed by atoms with Gasteiger partial charge in [-0.1, -0.05) is 25.0 Å². The van der Waals surface area contributed by atoms with E-state index in [-0.39, 0.29) is 12.1 Å². The van der Waals surface area contributed by atoms with Gasteiger partial charge in [-0.05, 0) is 31.9 Å². The first-order valence-electron chi connectivity index (χ1n) is 7.18. The van der Waals surface area contributed by atoms with E-state index in [0.717, 1.165) is 12.0 Å². The number of carbonyl (C=O) groups excluding carboxylic acids is 1. The molecule has 0 aliphatic carbocycles. The summed E-state index contributed by atoms with van der Waals surface area (Å²) in [6, 6.07) is 4.39. The van der Waals surface area contributed by atoms with Crippen LogP contribution >= 0.6 is 0 Å². The summed E-state index contributed by atoms with van der Waals surface area (Å²) in [6.07, 6.45) is 1.70. The molecule has 1 aromatic rings. The number of benzene rings is 1. The Morgan fingerprint density at radius 3 is 2.76 bits per heavy atom. The van der Waals surface area contributed by atoms with Crippen molar-refractivity contribution in [3.05, 3.63) is 35.1 Å². The Balaban J connectivity index is 2.22. The third-order valence-corrected chi connectivity index (χ3v) is 4.18. The van der Waals surface area contributed by atoms with Crippen molar-refractivity contribution in [1.82, 2.24) is 4.90 Å². The van der Waals surface area contributed by atoms with Crippen LogP contribution in [0.5, 0.6) is 0 Å². The number of hydrogen-bond donors (Lipinski definition) is 1. The van der Waals surface area contributed by atoms with E-state index in [4.69, 9.17) is 0 Å². The van der Waals surface area contributed by atoms with Crippen molar-refractivity contribution in [2.45, 2.75) is 33.1 Å². The van der Waals surface area contributed by atoms with Crippen LogP contribution in [0, 0.1) is 18.2 Å². The molecule has 2 rings (SSSR count). The van der Waals surface area contributed by atoms with Crippen LogP contribution in [0.15, 0.2) is 18.2 Å². The van der Waals surface area contributed by atoms with E-state index in [9.17, 15) is 19.1 Å². The average Bonchev–Trinajstić information content (AvgIpc) is 2.87. The highest BCUT2D eigenvalue weighted by Gasteiger charge is 2.45. The number of halogens is 1. The molecule has 1 amide bonds. The zero-order valence-electron chi connectivity index (χ0n) is 12.4. The molecule has 1 fully saturated rings. The van der Waals surface area contributed by atoms with Crippen LogP contribution in [0.4, 0.5) is 4.39 Å². The van der Waals surface area contributed by atoms with Gasteiger partial charge in [-0.15, -0.1) is 0 Å². The highest BCUT2D eigenvalue weighted by molar-refractivity contribution is 5.95. The molecule has 1 aliphatic heterocycles. The SMILES string of the molecule is CCCC1(C(=O)O)CCN(C(=O)c2cc(C)ccc2F)C1. The number of carboxylic acids is 1. The van der Waals surface area contributed by atoms with Crippen molar-refractivity contribution >= 4 is 11.9 Å². The fourth-order valence-corrected chi connectivity index (χ4v) is 2.98. The van der Waals surface area contributed by atoms with Gasteiger partial charge < -0.3 is 10.0 Å². The second-order valence-electron chi connectivity index (χ2n) is 5.80. The van der Waals surface area contributed by atoms with Crippen LogP contribution in [0.25, 0.3) is 0 Å². The highest BCUT2D eigenvalue weighted by atomic mass is 19.1. The summed E-state index contributed by atoms with van der Waals surface area (Å²) in [5.41, 5.74) is -0.0604. The van der Waals surface area contributed by atoms with Crippen molar-refractivity contribution in [1.29, 1.82) is 0 Å². The lowest BCUT2D eigenvalue weighted by Crippen LogP contribution is -2.37. The van der Waals surface area contributed by atoms with E-state index in [1.54, 1.807) is 13.0 Å². The third kappa shape index (κ3) is 2.91. The maximum atomic E-state index is 13.8. The first kappa shape index (κ1) is 15.5. The molecule has 0 spiro atoms. The number of carbonyl (C=O) groups is 2. The van der Waals surface area contributed by atoms with E-state index in [2.05, 4.69) is 0 Å². The molecule has 1 aliphatic rings. The lowest BCUT2D eigenvalue weighted by Gasteiger charge is -2.24. The summed E-state index contributed by atoms with van der Waals surface area (Å²) in [5.74, 6) is -1.85. The Bertz CT molecular complexity index is 573. The molecule has 1 N–H and O–H groups in total. The molecule has 4 nitrogen and oxygen atoms in total. The molecule has 1 unspecified atom stereocenters. The summed E-state index contributed by atoms with van der Waals surface area (Å²) in [7, 11) is 0. The standard InChI is InChI=1S/C16H20FNO3/c1-3-6-16(15(20)21)7-8-18(10-16)14(19)12-9-11(2)4-5-13(12)17/h4-5,9H,3,6-8,10H2,1-2H3,(H,20,21). The molecule has 1 aromatic carbocycles. The van der Waals surface area contributed by atoms with Crippen molar-refractivity contribution in [3.63, 3.8) is 0 Å². The number of hydrogen-bond acceptors (Lipinski definition) is 2. The summed E-state index contributed by atoms with van der Waals surface area (Å²) in [6.45, 7) is 4.23. The van der Waals surface area contributed by atoms with Gasteiger partial charge in [-0.2, -0.15) is 0 Å². The zero-order valence-corrected chi connectivity index (χ0v) is 12.4. The number of aryl methyl sites for hydroxylation is 1. The number of aliphatic carboxylic acids is 1. The normalized spacial score (nSPS) is 21.6. The minimum Gasteiger partial charge on any atom is -0.481 e. The largest absolute Gasteiger partial charge is 0.481 e. The van der Waals surface area contributed by atoms with Gasteiger partial charge in [0.25, 0.3) is 5.91 Å². The van der Waals surface area contributed by atoms with E-state index in [1.165, 1.54) is 17.0 Å². The van der Waals surface area contributed by atoms with Crippen molar-refractivity contribution in [2.24, 2.45) is 5.41 Å². The van der Waals surface area contributed by atoms with E-state index in [1.807, 2.05) is 6.92 Å². The molecule has 0 bridgehead atoms. The minimum atomic E-state index is -0.884. The van der Waals surface area contributed by atoms with Crippen LogP contribution in [0.3, 0.4) is 0 Å². The Kier molecular flexibility index (Phi) is 4.30. The smallest absolute Gasteiger partial charge is 0.311 e. The van der Waals surface area contributed by atoms with Crippen molar-refractivity contribution in [2.75, 3.05) is 13.1 Å². The van der Waals surface area contributed by atoms with Crippen LogP contribution in [-0.4, -0.2) is 35.0 Å². The number of rotatable bonds is 4. The summed E-state index contributed by atoms with van der Waals surface area (Å²) in [5, 5.41) is 9.45. The maximum absolute atomic E-state index is 13.8. The van der Waals surface area contributed by atoms with Crippen LogP contribution in [0.2, 0.25) is 0 Å². The van der Waals surface area contributed by atoms with Crippen LogP contribution < -0.4 is 0 Å². The highest BCUT2D eigenvalue weighted by Crippen LogP contribution is 2.36. The predicted octanol–water partition coefficient (Wildman–Crippen LogP) is 2.85. The molecule has 0 radical (unpaired) electrons. The molecular formula is C16H20FNO3. The lowest BCUT2D eigenvalue weighted by molar-refractivity contribution is -0.148. The molecule has 114 valence electrons. The van der Waals surface area contributed by atoms with Gasteiger partial charge in [0.05, 0.1) is 11.0 Å². The summed E-state index contributed by atoms with van der Waals surface area (Å²) < 4.78 is 13.8. The van der Waals surface area contributed by atoms with E-state index >= 15 is 0 Å². The third-order valence-electron chi connectivity index (χ3n) is 4.18. The van der Waals surface area contributed by atoms with Crippen molar-refractivity contribution in [3.8, 4) is 0 Å². The Morgan fingerprint density at radius 1 is 1.43 bits per heavy atom. The molecule has 21 heavy (non-hydrogen) atoms. The molecule has 5 heteroatoms. The predicted molar refractivity (Wildman–Crippen MR) is 76.6 cm³/mol. The minimum absolute atomic E-state index is 0.0210. The van der Waals surface area contributed by atoms with Gasteiger partial charge in [0.2, 0.25) is 0 Å². The molecule has 0 saturated carbocycles. The Morgan fingerprint density at radius 2 is 2.14 bits per heavy atom. The van der Waals surface area contributed by atoms with Gasteiger partial charge in [0, 0.05) is 13.1 Å². The van der Waals surface area contributed by atoms with Crippen LogP contribution in [0.1, 0.15) is 42.1 Å². The van der Waals surface area contributed by atoms with E-state index < -0.39 is 23.1 Å². The lowest BCUT2D eigenvalue weighted by atomic mass is 9.83. The zero-order chi connectivity index (χ0) is 15.6. The van der Waals surface area contributed by atoms with E-state index in [0.29, 0.717) is 19.4 Å². The van der Waals surface area contributed by atoms with Gasteiger partial charge >= 0.3 is 5.97 Å². The number of nitrogens with zero attached hydrogens (tertiary/aromatic N) is 1. The van der Waals surface area contributed by atoms with Gasteiger partial charge in [-0.25, -0.2) is 4.39 Å². The maximum Gasteiger partial charge on any atom is 0.311 e. The van der Waals surface area contributed by atoms with Gasteiger partial charge in [0.15, 0.2) is 0 Å². The molecule has 1 heterocycles. The van der Waals surface area contributed by atoms with Crippen LogP contribution in [-0.2, 0) is 4.79 Å². The monoisotopic (exact) mass is 293 g/mol. The average molecular weight is 293 g/mol. The number of amides is 1. The second-order valence-corrected chi connectivity index (χ2v) is 5.80. The molecule has 0 aromatic heterocycles. The molecule has 1 atom stereocenters. The molecule has 1 saturated heterocycles. The van der Waals surface area contributed by atoms with Gasteiger partial charge in [-0.3, -0.25) is 9.59 Å². The number of carboxylic acid groups (broad SMARTS) is 1. The second kappa shape index (κ2) is 5.84. The quantitative estimate of drug-likeness (QED) is 0.928. The Labute approximate surface area is 123 Å². The van der Waals surface area contributed by atoms with Gasteiger partial charge in [0.1, 0.15) is 5.82 Å². The summed E-state index contributed by atoms with van der Waals surface area (Å²) >= 11 is 0. The summed E-state index contributed by atoms with van der Waals surface area (Å²) in [4.78, 5) is 25.4. The first-order valence-corrected chi connectivity index (χ1v) is 7.18. The fraction of sp³-hybridized carbons (Fsp3) is 0.500. The topological polar surface area (TPSA) is 57.6 Å². The molecular weight excluding hydrogens is 273 g/mol. The fourth-order valence-electron chi connectivity index (χ4n) is 2.98. The van der Waals surface area contributed by atoms with Crippen molar-refractivity contribution < 1.29 is 19.1 Å².